The Balaban J connectivity index is 0.00000127. The molecular formula is C30H26Cl2OSiZr. The normalized spacial score (nSPS) is 21.4. The summed E-state index contributed by atoms with van der Waals surface area (Å²) in [6.07, 6.45) is 0.880. The second-order valence-corrected chi connectivity index (χ2v) is 17.8. The van der Waals surface area contributed by atoms with Gasteiger partial charge in [0, 0.05) is 0 Å². The van der Waals surface area contributed by atoms with Crippen LogP contribution in [0.4, 0.5) is 0 Å². The minimum atomic E-state index is -2.06. The molecule has 1 N–H and O–H groups in total. The Morgan fingerprint density at radius 1 is 0.657 bits per heavy atom. The van der Waals surface area contributed by atoms with Crippen molar-refractivity contribution >= 4 is 18.4 Å². The first-order valence-electron chi connectivity index (χ1n) is 12.0. The monoisotopic (exact) mass is 590 g/mol. The first-order valence-corrected chi connectivity index (χ1v) is 17.6. The van der Waals surface area contributed by atoms with Crippen LogP contribution in [0, 0.1) is 0 Å². The van der Waals surface area contributed by atoms with E-state index in [0.29, 0.717) is 7.25 Å². The third-order valence-corrected chi connectivity index (χ3v) is 17.5. The summed E-state index contributed by atoms with van der Waals surface area (Å²) < 4.78 is 1.21. The van der Waals surface area contributed by atoms with E-state index in [2.05, 4.69) is 91.5 Å². The van der Waals surface area contributed by atoms with Crippen LogP contribution in [0.2, 0.25) is 12.6 Å². The average Bonchev–Trinajstić information content (AvgIpc) is 3.35. The molecule has 4 aromatic carbocycles. The van der Waals surface area contributed by atoms with Gasteiger partial charge in [-0.1, -0.05) is 0 Å². The summed E-state index contributed by atoms with van der Waals surface area (Å²) in [5, 5.41) is 13.2. The summed E-state index contributed by atoms with van der Waals surface area (Å²) >= 11 is -0.922. The van der Waals surface area contributed by atoms with E-state index in [1.807, 2.05) is 0 Å². The molecule has 3 aliphatic rings. The van der Waals surface area contributed by atoms with Crippen molar-refractivity contribution in [1.29, 1.82) is 0 Å². The van der Waals surface area contributed by atoms with Gasteiger partial charge in [0.25, 0.3) is 0 Å². The fourth-order valence-electron chi connectivity index (χ4n) is 6.84. The van der Waals surface area contributed by atoms with Crippen molar-refractivity contribution < 1.29 is 53.2 Å². The van der Waals surface area contributed by atoms with Gasteiger partial charge in [-0.25, -0.2) is 0 Å². The Labute approximate surface area is 232 Å². The van der Waals surface area contributed by atoms with Crippen LogP contribution in [0.1, 0.15) is 35.9 Å². The van der Waals surface area contributed by atoms with Crippen molar-refractivity contribution in [2.24, 2.45) is 0 Å². The van der Waals surface area contributed by atoms with E-state index in [4.69, 9.17) is 0 Å². The van der Waals surface area contributed by atoms with Gasteiger partial charge in [0.1, 0.15) is 0 Å². The maximum absolute atomic E-state index is 9.89. The second-order valence-electron chi connectivity index (χ2n) is 9.90. The third kappa shape index (κ3) is 3.46. The van der Waals surface area contributed by atoms with Crippen LogP contribution in [0.3, 0.4) is 0 Å². The molecule has 35 heavy (non-hydrogen) atoms. The fraction of sp³-hybridized carbons (Fsp3) is 0.200. The second kappa shape index (κ2) is 9.43. The molecule has 7 rings (SSSR count). The van der Waals surface area contributed by atoms with E-state index in [-0.39, 0.29) is 31.4 Å². The molecule has 1 aliphatic heterocycles. The Kier molecular flexibility index (Phi) is 6.79. The van der Waals surface area contributed by atoms with Crippen LogP contribution in [-0.2, 0) is 23.2 Å². The van der Waals surface area contributed by atoms with Crippen LogP contribution >= 0.6 is 0 Å². The van der Waals surface area contributed by atoms with Gasteiger partial charge in [-0.2, -0.15) is 0 Å². The zero-order valence-corrected chi connectivity index (χ0v) is 24.5. The quantitative estimate of drug-likeness (QED) is 0.319. The number of rotatable bonds is 3. The van der Waals surface area contributed by atoms with Crippen LogP contribution in [0.5, 0.6) is 0 Å². The predicted molar refractivity (Wildman–Crippen MR) is 135 cm³/mol. The number of halogens is 2. The molecule has 1 heterocycles. The van der Waals surface area contributed by atoms with Gasteiger partial charge in [0.2, 0.25) is 0 Å². The maximum atomic E-state index is 9.89. The molecule has 4 aromatic rings. The van der Waals surface area contributed by atoms with Crippen molar-refractivity contribution in [3.05, 3.63) is 107 Å². The van der Waals surface area contributed by atoms with E-state index in [0.717, 1.165) is 12.5 Å². The molecule has 0 aromatic heterocycles. The Bertz CT molecular complexity index is 1330. The van der Waals surface area contributed by atoms with Crippen molar-refractivity contribution in [1.82, 2.24) is 0 Å². The number of benzene rings is 4. The van der Waals surface area contributed by atoms with Gasteiger partial charge in [-0.15, -0.1) is 0 Å². The predicted octanol–water partition coefficient (Wildman–Crippen LogP) is -0.494. The van der Waals surface area contributed by atoms with Crippen molar-refractivity contribution in [2.75, 3.05) is 6.61 Å². The molecule has 2 unspecified atom stereocenters. The zero-order chi connectivity index (χ0) is 22.2. The van der Waals surface area contributed by atoms with Crippen molar-refractivity contribution in [2.45, 2.75) is 26.3 Å². The molecule has 1 nitrogen and oxygen atoms in total. The molecule has 0 saturated heterocycles. The van der Waals surface area contributed by atoms with E-state index in [9.17, 15) is 5.11 Å². The van der Waals surface area contributed by atoms with Gasteiger partial charge >= 0.3 is 209 Å². The molecule has 0 saturated carbocycles. The molecule has 2 aliphatic carbocycles. The number of aliphatic hydroxyl groups excluding tert-OH is 1. The average molecular weight is 593 g/mol. The maximum Gasteiger partial charge on any atom is -1.00 e. The summed E-state index contributed by atoms with van der Waals surface area (Å²) in [4.78, 5) is 0. The van der Waals surface area contributed by atoms with E-state index >= 15 is 0 Å². The third-order valence-electron chi connectivity index (χ3n) is 8.27. The molecule has 0 radical (unpaired) electrons. The molecule has 174 valence electrons. The minimum absolute atomic E-state index is 0. The van der Waals surface area contributed by atoms with Crippen molar-refractivity contribution in [3.63, 3.8) is 0 Å². The molecule has 0 spiro atoms. The van der Waals surface area contributed by atoms with Crippen LogP contribution < -0.4 is 35.2 Å². The number of fused-ring (bicyclic) bond motifs is 6. The standard InChI is InChI=1S/C30H26OSi.2ClH.Zr/c1-32(18-8-17-31,29-15-6-13-25-23-11-4-2-9-21(23)19-27(25)29)30-16-7-14-26-24-12-5-3-10-22(24)20-28(26)30;;;/h2-7,9-16,19-20,31H,8,17-18H2,1H3;2*1H;/q;;;+2/p-2. The SMILES string of the molecule is C[Si]1(CCCO)c2cccc3c2[CH]([Zr+2][CH]2c4ccccc4-c4cccc1c42)c1ccccc1-3.[Cl-].[Cl-]. The van der Waals surface area contributed by atoms with E-state index < -0.39 is 31.3 Å². The van der Waals surface area contributed by atoms with Gasteiger partial charge in [0.15, 0.2) is 0 Å². The zero-order valence-electron chi connectivity index (χ0n) is 19.6. The summed E-state index contributed by atoms with van der Waals surface area (Å²) in [5.74, 6) is 0. The molecule has 2 atom stereocenters. The van der Waals surface area contributed by atoms with Crippen molar-refractivity contribution in [3.8, 4) is 22.3 Å². The van der Waals surface area contributed by atoms with Crippen LogP contribution in [0.25, 0.3) is 22.3 Å². The van der Waals surface area contributed by atoms with E-state index in [1.54, 1.807) is 32.6 Å². The number of hydrogen-bond donors (Lipinski definition) is 1. The van der Waals surface area contributed by atoms with Gasteiger partial charge in [0.05, 0.1) is 0 Å². The van der Waals surface area contributed by atoms with Crippen LogP contribution in [-0.4, -0.2) is 19.8 Å². The molecular weight excluding hydrogens is 567 g/mol. The molecule has 5 heteroatoms. The topological polar surface area (TPSA) is 20.2 Å². The minimum Gasteiger partial charge on any atom is -1.00 e. The van der Waals surface area contributed by atoms with E-state index in [1.165, 1.54) is 22.3 Å². The number of aliphatic hydroxyl groups is 1. The van der Waals surface area contributed by atoms with Gasteiger partial charge < -0.3 is 24.8 Å². The van der Waals surface area contributed by atoms with Gasteiger partial charge in [-0.05, 0) is 0 Å². The number of hydrogen-bond acceptors (Lipinski definition) is 1. The van der Waals surface area contributed by atoms with Gasteiger partial charge in [-0.3, -0.25) is 0 Å². The first-order chi connectivity index (χ1) is 16.2. The Hall–Kier alpha value is -1.48. The summed E-state index contributed by atoms with van der Waals surface area (Å²) in [6, 6.07) is 33.8. The largest absolute Gasteiger partial charge is 1.00 e. The molecule has 0 amide bonds. The molecule has 0 fully saturated rings. The summed E-state index contributed by atoms with van der Waals surface area (Å²) in [6.45, 7) is 2.86. The Morgan fingerprint density at radius 3 is 1.60 bits per heavy atom. The summed E-state index contributed by atoms with van der Waals surface area (Å²) in [7, 11) is -2.06. The Morgan fingerprint density at radius 2 is 1.11 bits per heavy atom. The summed E-state index contributed by atoms with van der Waals surface area (Å²) in [5.41, 5.74) is 12.4. The molecule has 0 bridgehead atoms. The van der Waals surface area contributed by atoms with Crippen LogP contribution in [0.15, 0.2) is 84.9 Å². The smallest absolute Gasteiger partial charge is 1.00 e. The first kappa shape index (κ1) is 25.2. The fourth-order valence-corrected chi connectivity index (χ4v) is 17.2.